The number of hydrogen-bond donors (Lipinski definition) is 2. The van der Waals surface area contributed by atoms with E-state index >= 15 is 0 Å². The second kappa shape index (κ2) is 9.01. The Morgan fingerprint density at radius 1 is 1.37 bits per heavy atom. The van der Waals surface area contributed by atoms with Crippen molar-refractivity contribution in [3.63, 3.8) is 0 Å². The highest BCUT2D eigenvalue weighted by Crippen LogP contribution is 2.06. The van der Waals surface area contributed by atoms with Crippen LogP contribution in [0.5, 0.6) is 0 Å². The molecular formula is C13H27N2O3Si+. The van der Waals surface area contributed by atoms with E-state index in [-0.39, 0.29) is 12.3 Å². The third-order valence-corrected chi connectivity index (χ3v) is 4.16. The summed E-state index contributed by atoms with van der Waals surface area (Å²) in [5.74, 6) is -0.579. The van der Waals surface area contributed by atoms with Crippen molar-refractivity contribution >= 4 is 19.8 Å². The fourth-order valence-corrected chi connectivity index (χ4v) is 1.96. The Bertz CT molecular complexity index is 335. The van der Waals surface area contributed by atoms with E-state index in [0.717, 1.165) is 12.7 Å². The normalized spacial score (nSPS) is 12.4. The summed E-state index contributed by atoms with van der Waals surface area (Å²) >= 11 is 0. The third-order valence-electron chi connectivity index (χ3n) is 2.45. The Hall–Kier alpha value is -0.983. The molecule has 5 nitrogen and oxygen atoms in total. The van der Waals surface area contributed by atoms with E-state index in [0.29, 0.717) is 12.3 Å². The van der Waals surface area contributed by atoms with E-state index in [9.17, 15) is 4.79 Å². The van der Waals surface area contributed by atoms with E-state index < -0.39 is 14.0 Å². The fourth-order valence-electron chi connectivity index (χ4n) is 1.20. The average Bonchev–Trinajstić information content (AvgIpc) is 2.31. The maximum Gasteiger partial charge on any atom is 0.356 e. The average molecular weight is 287 g/mol. The van der Waals surface area contributed by atoms with Crippen LogP contribution >= 0.6 is 0 Å². The second-order valence-corrected chi connectivity index (χ2v) is 11.2. The van der Waals surface area contributed by atoms with Crippen LogP contribution < -0.4 is 5.32 Å². The molecule has 3 N–H and O–H groups in total. The number of quaternary nitrogens is 1. The van der Waals surface area contributed by atoms with Crippen LogP contribution in [0.1, 0.15) is 13.8 Å². The van der Waals surface area contributed by atoms with E-state index in [1.54, 1.807) is 20.0 Å². The van der Waals surface area contributed by atoms with Gasteiger partial charge in [0.05, 0.1) is 19.4 Å². The summed E-state index contributed by atoms with van der Waals surface area (Å²) in [5, 5.41) is 9.43. The fraction of sp³-hybridized carbons (Fsp3) is 0.692. The van der Waals surface area contributed by atoms with Crippen molar-refractivity contribution in [1.82, 2.24) is 0 Å². The molecule has 0 amide bonds. The number of nitrogens with two attached hydrogens (primary N) is 1. The second-order valence-electron chi connectivity index (χ2n) is 5.57. The van der Waals surface area contributed by atoms with Gasteiger partial charge >= 0.3 is 5.97 Å². The van der Waals surface area contributed by atoms with Crippen LogP contribution in [0, 0.1) is 5.41 Å². The number of esters is 1. The summed E-state index contributed by atoms with van der Waals surface area (Å²) < 4.78 is 10.3. The van der Waals surface area contributed by atoms with E-state index in [1.807, 2.05) is 5.32 Å². The molecule has 0 saturated carbocycles. The molecule has 110 valence electrons. The minimum Gasteiger partial charge on any atom is -0.461 e. The summed E-state index contributed by atoms with van der Waals surface area (Å²) in [7, 11) is -1.03. The van der Waals surface area contributed by atoms with Gasteiger partial charge in [-0.3, -0.25) is 10.7 Å². The van der Waals surface area contributed by atoms with Crippen molar-refractivity contribution < 1.29 is 19.6 Å². The largest absolute Gasteiger partial charge is 0.461 e. The molecule has 6 heteroatoms. The molecule has 0 aromatic carbocycles. The molecule has 0 atom stereocenters. The van der Waals surface area contributed by atoms with Crippen molar-refractivity contribution in [2.24, 2.45) is 0 Å². The summed E-state index contributed by atoms with van der Waals surface area (Å²) in [4.78, 5) is 11.3. The minimum absolute atomic E-state index is 0.0970. The molecule has 0 aliphatic rings. The molecule has 0 bridgehead atoms. The van der Waals surface area contributed by atoms with Gasteiger partial charge < -0.3 is 9.47 Å². The number of carbonyl (C=O) groups excluding carboxylic acids is 1. The summed E-state index contributed by atoms with van der Waals surface area (Å²) in [6.07, 6.45) is 1.73. The first-order chi connectivity index (χ1) is 8.78. The van der Waals surface area contributed by atoms with Crippen molar-refractivity contribution in [1.29, 1.82) is 5.41 Å². The van der Waals surface area contributed by atoms with Gasteiger partial charge in [0, 0.05) is 13.6 Å². The van der Waals surface area contributed by atoms with Crippen LogP contribution in [0.15, 0.2) is 11.8 Å². The molecule has 0 aromatic heterocycles. The molecule has 0 unspecified atom stereocenters. The van der Waals surface area contributed by atoms with Gasteiger partial charge in [-0.15, -0.1) is 0 Å². The summed E-state index contributed by atoms with van der Waals surface area (Å²) in [5.41, 5.74) is 0.493. The van der Waals surface area contributed by atoms with Crippen molar-refractivity contribution in [3.05, 3.63) is 11.8 Å². The zero-order valence-corrected chi connectivity index (χ0v) is 13.7. The lowest BCUT2D eigenvalue weighted by atomic mass is 10.2. The Morgan fingerprint density at radius 2 is 2.00 bits per heavy atom. The molecule has 0 rings (SSSR count). The Labute approximate surface area is 116 Å². The first kappa shape index (κ1) is 18.0. The van der Waals surface area contributed by atoms with Crippen LogP contribution in [0.2, 0.25) is 25.7 Å². The molecular weight excluding hydrogens is 260 g/mol. The van der Waals surface area contributed by atoms with Crippen LogP contribution in [-0.4, -0.2) is 39.7 Å². The highest BCUT2D eigenvalue weighted by molar-refractivity contribution is 6.76. The third kappa shape index (κ3) is 9.58. The first-order valence-electron chi connectivity index (χ1n) is 6.62. The van der Waals surface area contributed by atoms with Gasteiger partial charge in [-0.25, -0.2) is 4.79 Å². The zero-order valence-electron chi connectivity index (χ0n) is 12.7. The lowest BCUT2D eigenvalue weighted by Crippen LogP contribution is -2.79. The predicted molar refractivity (Wildman–Crippen MR) is 79.0 cm³/mol. The Balaban J connectivity index is 3.88. The van der Waals surface area contributed by atoms with Gasteiger partial charge in [0.2, 0.25) is 0 Å². The highest BCUT2D eigenvalue weighted by Gasteiger charge is 2.13. The maximum atomic E-state index is 11.3. The Kier molecular flexibility index (Phi) is 8.54. The van der Waals surface area contributed by atoms with E-state index in [4.69, 9.17) is 14.9 Å². The van der Waals surface area contributed by atoms with Gasteiger partial charge in [0.15, 0.2) is 6.73 Å². The lowest BCUT2D eigenvalue weighted by molar-refractivity contribution is -0.626. The quantitative estimate of drug-likeness (QED) is 0.221. The van der Waals surface area contributed by atoms with Gasteiger partial charge in [-0.05, 0) is 19.9 Å². The van der Waals surface area contributed by atoms with Crippen molar-refractivity contribution in [2.75, 3.05) is 19.9 Å². The van der Waals surface area contributed by atoms with Gasteiger partial charge in [0.25, 0.3) is 0 Å². The standard InChI is InChI=1S/C13H26N2O3Si/c1-6-18-13(16)12(14)11(2)9-15-10-17-7-8-19(3,4)5/h9,14-15H,6-8,10H2,1-5H3/p+1/b11-9-,14-12?. The van der Waals surface area contributed by atoms with Crippen LogP contribution in [0.3, 0.4) is 0 Å². The molecule has 0 heterocycles. The van der Waals surface area contributed by atoms with Crippen molar-refractivity contribution in [3.8, 4) is 0 Å². The summed E-state index contributed by atoms with van der Waals surface area (Å²) in [6, 6.07) is 1.14. The maximum absolute atomic E-state index is 11.3. The molecule has 19 heavy (non-hydrogen) atoms. The van der Waals surface area contributed by atoms with E-state index in [1.165, 1.54) is 0 Å². The number of rotatable bonds is 9. The topological polar surface area (TPSA) is 76.0 Å². The monoisotopic (exact) mass is 287 g/mol. The van der Waals surface area contributed by atoms with Gasteiger partial charge in [-0.2, -0.15) is 0 Å². The SMILES string of the molecule is CCOC(=O)C(=N)/C(C)=C\[NH2+]COCC[Si](C)(C)C. The first-order valence-corrected chi connectivity index (χ1v) is 10.3. The molecule has 0 aliphatic carbocycles. The lowest BCUT2D eigenvalue weighted by Gasteiger charge is -2.14. The smallest absolute Gasteiger partial charge is 0.356 e. The molecule has 0 aliphatic heterocycles. The molecule has 0 aromatic rings. The highest BCUT2D eigenvalue weighted by atomic mass is 28.3. The number of carbonyl (C=O) groups is 1. The number of hydrogen-bond acceptors (Lipinski definition) is 4. The Morgan fingerprint density at radius 3 is 2.53 bits per heavy atom. The van der Waals surface area contributed by atoms with Crippen molar-refractivity contribution in [2.45, 2.75) is 39.5 Å². The zero-order chi connectivity index (χ0) is 14.9. The van der Waals surface area contributed by atoms with Gasteiger partial charge in [-0.1, -0.05) is 19.6 Å². The van der Waals surface area contributed by atoms with Crippen LogP contribution in [0.4, 0.5) is 0 Å². The van der Waals surface area contributed by atoms with Crippen LogP contribution in [-0.2, 0) is 14.3 Å². The van der Waals surface area contributed by atoms with Crippen LogP contribution in [0.25, 0.3) is 0 Å². The molecule has 0 saturated heterocycles. The summed E-state index contributed by atoms with van der Waals surface area (Å²) in [6.45, 7) is 11.9. The predicted octanol–water partition coefficient (Wildman–Crippen LogP) is 1.35. The number of nitrogens with one attached hydrogen (secondary N) is 1. The number of ether oxygens (including phenoxy) is 2. The molecule has 0 radical (unpaired) electrons. The molecule has 0 fully saturated rings. The minimum atomic E-state index is -1.03. The molecule has 0 spiro atoms. The van der Waals surface area contributed by atoms with Gasteiger partial charge in [0.1, 0.15) is 5.71 Å². The van der Waals surface area contributed by atoms with E-state index in [2.05, 4.69) is 19.6 Å².